The van der Waals surface area contributed by atoms with Crippen LogP contribution in [0.15, 0.2) is 43.0 Å². The smallest absolute Gasteiger partial charge is 0.234 e. The fraction of sp³-hybridized carbons (Fsp3) is 0.316. The van der Waals surface area contributed by atoms with Crippen LogP contribution in [0.2, 0.25) is 0 Å². The number of benzene rings is 1. The second-order valence-corrected chi connectivity index (χ2v) is 6.56. The van der Waals surface area contributed by atoms with E-state index in [-0.39, 0.29) is 23.6 Å². The van der Waals surface area contributed by atoms with Crippen LogP contribution in [0.5, 0.6) is 0 Å². The Bertz CT molecular complexity index is 798. The van der Waals surface area contributed by atoms with Gasteiger partial charge in [0, 0.05) is 19.6 Å². The van der Waals surface area contributed by atoms with Gasteiger partial charge in [-0.25, -0.2) is 0 Å². The van der Waals surface area contributed by atoms with Crippen LogP contribution in [0.4, 0.5) is 0 Å². The molecule has 3 aliphatic rings. The maximum Gasteiger partial charge on any atom is 0.234 e. The van der Waals surface area contributed by atoms with Gasteiger partial charge in [-0.15, -0.1) is 0 Å². The van der Waals surface area contributed by atoms with Gasteiger partial charge in [-0.1, -0.05) is 43.0 Å². The van der Waals surface area contributed by atoms with E-state index in [4.69, 9.17) is 0 Å². The van der Waals surface area contributed by atoms with E-state index < -0.39 is 17.9 Å². The summed E-state index contributed by atoms with van der Waals surface area (Å²) in [6, 6.07) is 7.08. The zero-order valence-corrected chi connectivity index (χ0v) is 13.4. The number of amides is 2. The van der Waals surface area contributed by atoms with Crippen LogP contribution in [0.1, 0.15) is 11.1 Å². The number of fused-ring (bicyclic) bond motifs is 5. The molecule has 2 bridgehead atoms. The number of rotatable bonds is 3. The van der Waals surface area contributed by atoms with E-state index in [1.165, 1.54) is 18.0 Å². The summed E-state index contributed by atoms with van der Waals surface area (Å²) >= 11 is 0. The van der Waals surface area contributed by atoms with Crippen LogP contribution < -0.4 is 0 Å². The van der Waals surface area contributed by atoms with Crippen LogP contribution in [-0.4, -0.2) is 46.5 Å². The van der Waals surface area contributed by atoms with Crippen LogP contribution in [0, 0.1) is 11.8 Å². The molecule has 4 rings (SSSR count). The molecule has 0 aromatic heterocycles. The second-order valence-electron chi connectivity index (χ2n) is 6.56. The lowest BCUT2D eigenvalue weighted by Gasteiger charge is -2.33. The molecular weight excluding hydrogens is 304 g/mol. The largest absolute Gasteiger partial charge is 0.293 e. The average molecular weight is 322 g/mol. The number of carbonyl (C=O) groups is 3. The predicted octanol–water partition coefficient (Wildman–Crippen LogP) is 1.25. The van der Waals surface area contributed by atoms with Crippen molar-refractivity contribution in [1.29, 1.82) is 0 Å². The van der Waals surface area contributed by atoms with Crippen molar-refractivity contribution in [3.8, 4) is 0 Å². The summed E-state index contributed by atoms with van der Waals surface area (Å²) in [6.07, 6.45) is 5.10. The van der Waals surface area contributed by atoms with E-state index in [9.17, 15) is 14.4 Å². The standard InChI is InChI=1S/C19H18N2O3/c1-3-11-6-4-5-7-12(11)10-21-13-8-9-14(22)17(21)16-15(13)18(23)20(2)19(16)24/h3-9,13,15-17H,1,10H2,2H3/t13-,15+,16+,17+/m0/s1. The first-order chi connectivity index (χ1) is 11.5. The number of hydrogen-bond donors (Lipinski definition) is 0. The van der Waals surface area contributed by atoms with Crippen LogP contribution >= 0.6 is 0 Å². The topological polar surface area (TPSA) is 57.7 Å². The number of ketones is 1. The molecule has 0 saturated carbocycles. The molecule has 2 fully saturated rings. The quantitative estimate of drug-likeness (QED) is 0.786. The molecule has 1 aromatic rings. The number of nitrogens with zero attached hydrogens (tertiary/aromatic N) is 2. The van der Waals surface area contributed by atoms with E-state index in [0.29, 0.717) is 6.54 Å². The van der Waals surface area contributed by atoms with Gasteiger partial charge in [0.25, 0.3) is 0 Å². The Morgan fingerprint density at radius 2 is 1.83 bits per heavy atom. The number of hydrogen-bond acceptors (Lipinski definition) is 4. The Kier molecular flexibility index (Phi) is 3.28. The van der Waals surface area contributed by atoms with Crippen molar-refractivity contribution in [2.75, 3.05) is 7.05 Å². The fourth-order valence-electron chi connectivity index (χ4n) is 4.29. The van der Waals surface area contributed by atoms with Crippen LogP contribution in [0.3, 0.4) is 0 Å². The average Bonchev–Trinajstić information content (AvgIpc) is 2.95. The van der Waals surface area contributed by atoms with Crippen molar-refractivity contribution in [3.05, 3.63) is 54.1 Å². The minimum absolute atomic E-state index is 0.0914. The maximum absolute atomic E-state index is 12.5. The van der Waals surface area contributed by atoms with Crippen molar-refractivity contribution in [1.82, 2.24) is 9.80 Å². The first-order valence-electron chi connectivity index (χ1n) is 8.04. The SMILES string of the molecule is C=Cc1ccccc1CN1[C@@H]2C(=O)C=C[C@H]1[C@H]1C(=O)N(C)C(=O)[C@H]12. The Labute approximate surface area is 140 Å². The molecule has 2 amide bonds. The lowest BCUT2D eigenvalue weighted by atomic mass is 9.90. The zero-order chi connectivity index (χ0) is 17.0. The van der Waals surface area contributed by atoms with E-state index >= 15 is 0 Å². The highest BCUT2D eigenvalue weighted by atomic mass is 16.2. The van der Waals surface area contributed by atoms with Gasteiger partial charge in [-0.05, 0) is 17.2 Å². The summed E-state index contributed by atoms with van der Waals surface area (Å²) in [5.41, 5.74) is 2.04. The molecule has 0 aliphatic carbocycles. The Balaban J connectivity index is 1.74. The lowest BCUT2D eigenvalue weighted by molar-refractivity contribution is -0.141. The minimum atomic E-state index is -0.564. The third kappa shape index (κ3) is 1.88. The summed E-state index contributed by atoms with van der Waals surface area (Å²) in [7, 11) is 1.50. The van der Waals surface area contributed by atoms with Crippen molar-refractivity contribution < 1.29 is 14.4 Å². The van der Waals surface area contributed by atoms with Crippen LogP contribution in [-0.2, 0) is 20.9 Å². The molecule has 122 valence electrons. The van der Waals surface area contributed by atoms with Gasteiger partial charge >= 0.3 is 0 Å². The minimum Gasteiger partial charge on any atom is -0.293 e. The maximum atomic E-state index is 12.5. The van der Waals surface area contributed by atoms with Gasteiger partial charge in [0.1, 0.15) is 0 Å². The summed E-state index contributed by atoms with van der Waals surface area (Å²) in [6.45, 7) is 4.35. The number of carbonyl (C=O) groups excluding carboxylic acids is 3. The van der Waals surface area contributed by atoms with Gasteiger partial charge < -0.3 is 0 Å². The normalized spacial score (nSPS) is 31.7. The van der Waals surface area contributed by atoms with Crippen molar-refractivity contribution >= 4 is 23.7 Å². The lowest BCUT2D eigenvalue weighted by Crippen LogP contribution is -2.48. The molecule has 4 atom stereocenters. The van der Waals surface area contributed by atoms with Gasteiger partial charge in [0.15, 0.2) is 5.78 Å². The van der Waals surface area contributed by atoms with Crippen molar-refractivity contribution in [2.45, 2.75) is 18.6 Å². The Morgan fingerprint density at radius 1 is 1.12 bits per heavy atom. The van der Waals surface area contributed by atoms with Crippen molar-refractivity contribution in [2.24, 2.45) is 11.8 Å². The summed E-state index contributed by atoms with van der Waals surface area (Å²) in [5, 5.41) is 0. The highest BCUT2D eigenvalue weighted by molar-refractivity contribution is 6.11. The van der Waals surface area contributed by atoms with E-state index in [0.717, 1.165) is 11.1 Å². The van der Waals surface area contributed by atoms with E-state index in [1.54, 1.807) is 12.2 Å². The summed E-state index contributed by atoms with van der Waals surface area (Å²) < 4.78 is 0. The predicted molar refractivity (Wildman–Crippen MR) is 88.6 cm³/mol. The third-order valence-corrected chi connectivity index (χ3v) is 5.44. The highest BCUT2D eigenvalue weighted by Gasteiger charge is 2.63. The van der Waals surface area contributed by atoms with Crippen molar-refractivity contribution in [3.63, 3.8) is 0 Å². The van der Waals surface area contributed by atoms with Gasteiger partial charge in [0.2, 0.25) is 11.8 Å². The van der Waals surface area contributed by atoms with E-state index in [2.05, 4.69) is 6.58 Å². The molecule has 3 aliphatic heterocycles. The van der Waals surface area contributed by atoms with E-state index in [1.807, 2.05) is 29.2 Å². The molecule has 0 unspecified atom stereocenters. The van der Waals surface area contributed by atoms with Crippen LogP contribution in [0.25, 0.3) is 6.08 Å². The Hall–Kier alpha value is -2.53. The number of likely N-dealkylation sites (tertiary alicyclic amines) is 1. The first kappa shape index (κ1) is 15.0. The molecule has 24 heavy (non-hydrogen) atoms. The summed E-state index contributed by atoms with van der Waals surface area (Å²) in [5.74, 6) is -1.53. The zero-order valence-electron chi connectivity index (χ0n) is 13.4. The van der Waals surface area contributed by atoms with Gasteiger partial charge in [-0.3, -0.25) is 24.2 Å². The molecule has 2 saturated heterocycles. The third-order valence-electron chi connectivity index (χ3n) is 5.44. The Morgan fingerprint density at radius 3 is 2.58 bits per heavy atom. The monoisotopic (exact) mass is 322 g/mol. The number of imide groups is 1. The van der Waals surface area contributed by atoms with Gasteiger partial charge in [0.05, 0.1) is 17.9 Å². The molecular formula is C19H18N2O3. The highest BCUT2D eigenvalue weighted by Crippen LogP contribution is 2.45. The molecule has 5 heteroatoms. The summed E-state index contributed by atoms with van der Waals surface area (Å²) in [4.78, 5) is 40.6. The fourth-order valence-corrected chi connectivity index (χ4v) is 4.29. The molecule has 3 heterocycles. The molecule has 0 radical (unpaired) electrons. The second kappa shape index (κ2) is 5.24. The van der Waals surface area contributed by atoms with Gasteiger partial charge in [-0.2, -0.15) is 0 Å². The molecule has 0 N–H and O–H groups in total. The molecule has 1 aromatic carbocycles. The molecule has 5 nitrogen and oxygen atoms in total. The first-order valence-corrected chi connectivity index (χ1v) is 8.04. The molecule has 0 spiro atoms.